The minimum absolute atomic E-state index is 0.239. The van der Waals surface area contributed by atoms with E-state index in [0.29, 0.717) is 28.2 Å². The molecule has 1 aromatic carbocycles. The van der Waals surface area contributed by atoms with Crippen LogP contribution in [0.2, 0.25) is 0 Å². The van der Waals surface area contributed by atoms with Crippen molar-refractivity contribution in [3.63, 3.8) is 0 Å². The highest BCUT2D eigenvalue weighted by molar-refractivity contribution is 7.18. The molecule has 4 rings (SSSR count). The van der Waals surface area contributed by atoms with Crippen molar-refractivity contribution in [3.8, 4) is 16.5 Å². The normalized spacial score (nSPS) is 11.6. The van der Waals surface area contributed by atoms with Crippen molar-refractivity contribution in [2.24, 2.45) is 0 Å². The quantitative estimate of drug-likeness (QED) is 0.478. The molecule has 0 bridgehead atoms. The Kier molecular flexibility index (Phi) is 6.05. The van der Waals surface area contributed by atoms with Crippen LogP contribution in [0.25, 0.3) is 10.6 Å². The smallest absolute Gasteiger partial charge is 0.259 e. The summed E-state index contributed by atoms with van der Waals surface area (Å²) in [6.45, 7) is 2.60. The van der Waals surface area contributed by atoms with Gasteiger partial charge in [0, 0.05) is 36.1 Å². The van der Waals surface area contributed by atoms with Crippen LogP contribution >= 0.6 is 11.3 Å². The lowest BCUT2D eigenvalue weighted by atomic mass is 10.0. The van der Waals surface area contributed by atoms with E-state index in [2.05, 4.69) is 44.5 Å². The van der Waals surface area contributed by atoms with Crippen molar-refractivity contribution in [2.45, 2.75) is 12.8 Å². The molecule has 1 N–H and O–H groups in total. The zero-order valence-corrected chi connectivity index (χ0v) is 17.0. The number of nitrogens with zero attached hydrogens (tertiary/aromatic N) is 4. The number of nitrogens with one attached hydrogen (secondary N) is 1. The standard InChI is InChI=1S/C22H19N5O2S/c1-15(16-5-3-2-4-6-16)14-29-19-8-7-18(13-24-19)20(28)25-22-27-26-21(30-22)17-9-11-23-12-10-17/h2-13,15H,14H2,1H3,(H,25,27,28)/t15-/m0/s1. The van der Waals surface area contributed by atoms with E-state index in [4.69, 9.17) is 4.74 Å². The van der Waals surface area contributed by atoms with Crippen molar-refractivity contribution in [1.82, 2.24) is 20.2 Å². The molecule has 0 saturated heterocycles. The van der Waals surface area contributed by atoms with E-state index in [0.717, 1.165) is 5.56 Å². The van der Waals surface area contributed by atoms with E-state index in [-0.39, 0.29) is 11.8 Å². The lowest BCUT2D eigenvalue weighted by Crippen LogP contribution is -2.12. The first-order valence-corrected chi connectivity index (χ1v) is 10.2. The molecule has 0 radical (unpaired) electrons. The number of hydrogen-bond donors (Lipinski definition) is 1. The fourth-order valence-corrected chi connectivity index (χ4v) is 3.49. The molecular formula is C22H19N5O2S. The molecule has 0 unspecified atom stereocenters. The van der Waals surface area contributed by atoms with Crippen LogP contribution in [0, 0.1) is 0 Å². The number of benzene rings is 1. The molecule has 30 heavy (non-hydrogen) atoms. The van der Waals surface area contributed by atoms with E-state index < -0.39 is 0 Å². The van der Waals surface area contributed by atoms with Gasteiger partial charge in [-0.05, 0) is 23.8 Å². The Morgan fingerprint density at radius 3 is 2.60 bits per heavy atom. The van der Waals surface area contributed by atoms with E-state index in [1.807, 2.05) is 30.3 Å². The fourth-order valence-electron chi connectivity index (χ4n) is 2.74. The Bertz CT molecular complexity index is 1100. The SMILES string of the molecule is C[C@@H](COc1ccc(C(=O)Nc2nnc(-c3ccncc3)s2)cn1)c1ccccc1. The van der Waals surface area contributed by atoms with Crippen LogP contribution in [0.3, 0.4) is 0 Å². The van der Waals surface area contributed by atoms with E-state index in [1.165, 1.54) is 23.1 Å². The number of carbonyl (C=O) groups excluding carboxylic acids is 1. The molecule has 0 spiro atoms. The number of ether oxygens (including phenoxy) is 1. The number of hydrogen-bond acceptors (Lipinski definition) is 7. The van der Waals surface area contributed by atoms with E-state index >= 15 is 0 Å². The summed E-state index contributed by atoms with van der Waals surface area (Å²) in [6, 6.07) is 17.2. The van der Waals surface area contributed by atoms with Crippen LogP contribution in [0.5, 0.6) is 5.88 Å². The van der Waals surface area contributed by atoms with Crippen LogP contribution in [0.15, 0.2) is 73.2 Å². The molecule has 7 nitrogen and oxygen atoms in total. The third-order valence-corrected chi connectivity index (χ3v) is 5.31. The largest absolute Gasteiger partial charge is 0.477 e. The summed E-state index contributed by atoms with van der Waals surface area (Å²) in [5, 5.41) is 12.0. The molecule has 0 aliphatic carbocycles. The zero-order chi connectivity index (χ0) is 20.8. The molecule has 4 aromatic rings. The molecule has 8 heteroatoms. The van der Waals surface area contributed by atoms with Crippen molar-refractivity contribution < 1.29 is 9.53 Å². The summed E-state index contributed by atoms with van der Waals surface area (Å²) < 4.78 is 5.76. The Morgan fingerprint density at radius 2 is 1.87 bits per heavy atom. The second kappa shape index (κ2) is 9.23. The molecule has 150 valence electrons. The maximum Gasteiger partial charge on any atom is 0.259 e. The summed E-state index contributed by atoms with van der Waals surface area (Å²) in [5.41, 5.74) is 2.52. The highest BCUT2D eigenvalue weighted by Crippen LogP contribution is 2.26. The summed E-state index contributed by atoms with van der Waals surface area (Å²) >= 11 is 1.29. The molecule has 0 fully saturated rings. The second-order valence-electron chi connectivity index (χ2n) is 6.61. The number of pyridine rings is 2. The molecule has 0 aliphatic heterocycles. The Hall–Kier alpha value is -3.65. The topological polar surface area (TPSA) is 89.9 Å². The summed E-state index contributed by atoms with van der Waals surface area (Å²) in [5.74, 6) is 0.414. The van der Waals surface area contributed by atoms with Gasteiger partial charge in [0.15, 0.2) is 0 Å². The highest BCUT2D eigenvalue weighted by Gasteiger charge is 2.12. The third kappa shape index (κ3) is 4.84. The predicted molar refractivity (Wildman–Crippen MR) is 116 cm³/mol. The van der Waals surface area contributed by atoms with Gasteiger partial charge < -0.3 is 4.74 Å². The number of rotatable bonds is 7. The van der Waals surface area contributed by atoms with Gasteiger partial charge in [0.25, 0.3) is 5.91 Å². The van der Waals surface area contributed by atoms with Gasteiger partial charge in [-0.1, -0.05) is 48.6 Å². The first kappa shape index (κ1) is 19.7. The van der Waals surface area contributed by atoms with Crippen molar-refractivity contribution in [2.75, 3.05) is 11.9 Å². The number of aromatic nitrogens is 4. The number of amides is 1. The van der Waals surface area contributed by atoms with Gasteiger partial charge in [-0.2, -0.15) is 0 Å². The summed E-state index contributed by atoms with van der Waals surface area (Å²) in [6.07, 6.45) is 4.86. The zero-order valence-electron chi connectivity index (χ0n) is 16.2. The maximum absolute atomic E-state index is 12.5. The summed E-state index contributed by atoms with van der Waals surface area (Å²) in [7, 11) is 0. The average Bonchev–Trinajstić information content (AvgIpc) is 3.27. The lowest BCUT2D eigenvalue weighted by Gasteiger charge is -2.13. The molecule has 3 heterocycles. The van der Waals surface area contributed by atoms with Crippen molar-refractivity contribution in [1.29, 1.82) is 0 Å². The minimum Gasteiger partial charge on any atom is -0.477 e. The number of anilines is 1. The second-order valence-corrected chi connectivity index (χ2v) is 7.59. The third-order valence-electron chi connectivity index (χ3n) is 4.42. The van der Waals surface area contributed by atoms with Crippen LogP contribution in [-0.4, -0.2) is 32.7 Å². The van der Waals surface area contributed by atoms with Crippen molar-refractivity contribution in [3.05, 3.63) is 84.3 Å². The lowest BCUT2D eigenvalue weighted by molar-refractivity contribution is 0.102. The van der Waals surface area contributed by atoms with Gasteiger partial charge in [-0.25, -0.2) is 4.98 Å². The van der Waals surface area contributed by atoms with Gasteiger partial charge in [0.05, 0.1) is 12.2 Å². The number of carbonyl (C=O) groups is 1. The van der Waals surface area contributed by atoms with Gasteiger partial charge in [-0.3, -0.25) is 15.1 Å². The molecule has 3 aromatic heterocycles. The van der Waals surface area contributed by atoms with Crippen molar-refractivity contribution >= 4 is 22.4 Å². The van der Waals surface area contributed by atoms with Crippen LogP contribution in [-0.2, 0) is 0 Å². The predicted octanol–water partition coefficient (Wildman–Crippen LogP) is 4.43. The molecule has 0 saturated carbocycles. The van der Waals surface area contributed by atoms with Crippen LogP contribution < -0.4 is 10.1 Å². The molecule has 0 aliphatic rings. The van der Waals surface area contributed by atoms with Crippen LogP contribution in [0.1, 0.15) is 28.8 Å². The highest BCUT2D eigenvalue weighted by atomic mass is 32.1. The van der Waals surface area contributed by atoms with Crippen LogP contribution in [0.4, 0.5) is 5.13 Å². The van der Waals surface area contributed by atoms with Gasteiger partial charge in [0.1, 0.15) is 5.01 Å². The maximum atomic E-state index is 12.5. The molecular weight excluding hydrogens is 398 g/mol. The first-order valence-electron chi connectivity index (χ1n) is 9.38. The first-order chi connectivity index (χ1) is 14.7. The van der Waals surface area contributed by atoms with Gasteiger partial charge >= 0.3 is 0 Å². The Morgan fingerprint density at radius 1 is 1.07 bits per heavy atom. The van der Waals surface area contributed by atoms with Gasteiger partial charge in [0.2, 0.25) is 11.0 Å². The Labute approximate surface area is 177 Å². The average molecular weight is 417 g/mol. The molecule has 1 amide bonds. The monoisotopic (exact) mass is 417 g/mol. The molecule has 1 atom stereocenters. The summed E-state index contributed by atoms with van der Waals surface area (Å²) in [4.78, 5) is 20.7. The fraction of sp³-hybridized carbons (Fsp3) is 0.136. The minimum atomic E-state index is -0.302. The van der Waals surface area contributed by atoms with E-state index in [9.17, 15) is 4.79 Å². The Balaban J connectivity index is 1.34. The van der Waals surface area contributed by atoms with E-state index in [1.54, 1.807) is 24.5 Å². The van der Waals surface area contributed by atoms with Gasteiger partial charge in [-0.15, -0.1) is 10.2 Å².